The van der Waals surface area contributed by atoms with Crippen molar-refractivity contribution in [2.24, 2.45) is 5.92 Å². The van der Waals surface area contributed by atoms with Gasteiger partial charge in [0, 0.05) is 32.2 Å². The number of phenolic OH excluding ortho intramolecular Hbond substituents is 1. The largest absolute Gasteiger partial charge is 0.508 e. The molecular weight excluding hydrogens is 242 g/mol. The maximum Gasteiger partial charge on any atom is 0.226 e. The Bertz CT molecular complexity index is 480. The maximum absolute atomic E-state index is 12.5. The van der Waals surface area contributed by atoms with Crippen LogP contribution in [-0.4, -0.2) is 35.7 Å². The smallest absolute Gasteiger partial charge is 0.226 e. The summed E-state index contributed by atoms with van der Waals surface area (Å²) in [5.41, 5.74) is 2.32. The van der Waals surface area contributed by atoms with Crippen molar-refractivity contribution in [3.05, 3.63) is 29.3 Å². The first-order valence-corrected chi connectivity index (χ1v) is 6.91. The molecule has 0 spiro atoms. The highest BCUT2D eigenvalue weighted by Crippen LogP contribution is 2.26. The predicted molar refractivity (Wildman–Crippen MR) is 70.8 cm³/mol. The summed E-state index contributed by atoms with van der Waals surface area (Å²) in [5.74, 6) is 0.643. The van der Waals surface area contributed by atoms with E-state index in [0.29, 0.717) is 19.8 Å². The molecule has 4 heteroatoms. The van der Waals surface area contributed by atoms with Crippen LogP contribution in [0.25, 0.3) is 0 Å². The Hall–Kier alpha value is -1.55. The van der Waals surface area contributed by atoms with E-state index >= 15 is 0 Å². The van der Waals surface area contributed by atoms with Crippen LogP contribution in [0.5, 0.6) is 5.75 Å². The number of phenols is 1. The summed E-state index contributed by atoms with van der Waals surface area (Å²) in [5, 5.41) is 9.54. The van der Waals surface area contributed by atoms with Crippen molar-refractivity contribution in [3.63, 3.8) is 0 Å². The van der Waals surface area contributed by atoms with Crippen LogP contribution in [0.1, 0.15) is 24.0 Å². The molecule has 3 rings (SSSR count). The molecule has 2 heterocycles. The first-order chi connectivity index (χ1) is 9.24. The minimum Gasteiger partial charge on any atom is -0.508 e. The van der Waals surface area contributed by atoms with E-state index in [-0.39, 0.29) is 17.6 Å². The lowest BCUT2D eigenvalue weighted by molar-refractivity contribution is -0.139. The molecule has 1 saturated heterocycles. The number of hydrogen-bond acceptors (Lipinski definition) is 3. The van der Waals surface area contributed by atoms with Crippen LogP contribution >= 0.6 is 0 Å². The van der Waals surface area contributed by atoms with Gasteiger partial charge in [0.15, 0.2) is 0 Å². The van der Waals surface area contributed by atoms with Gasteiger partial charge in [-0.2, -0.15) is 0 Å². The average molecular weight is 261 g/mol. The number of rotatable bonds is 1. The van der Waals surface area contributed by atoms with E-state index in [4.69, 9.17) is 4.74 Å². The summed E-state index contributed by atoms with van der Waals surface area (Å²) in [6.45, 7) is 2.80. The van der Waals surface area contributed by atoms with Gasteiger partial charge in [0.1, 0.15) is 5.75 Å². The van der Waals surface area contributed by atoms with E-state index in [1.807, 2.05) is 11.0 Å². The minimum absolute atomic E-state index is 0.118. The third kappa shape index (κ3) is 2.59. The third-order valence-electron chi connectivity index (χ3n) is 4.08. The van der Waals surface area contributed by atoms with Gasteiger partial charge in [0.25, 0.3) is 0 Å². The Labute approximate surface area is 113 Å². The van der Waals surface area contributed by atoms with Gasteiger partial charge in [-0.1, -0.05) is 6.07 Å². The average Bonchev–Trinajstić information content (AvgIpc) is 2.46. The Morgan fingerprint density at radius 1 is 1.26 bits per heavy atom. The van der Waals surface area contributed by atoms with E-state index in [1.54, 1.807) is 12.1 Å². The number of fused-ring (bicyclic) bond motifs is 1. The molecular formula is C15H19NO3. The fourth-order valence-corrected chi connectivity index (χ4v) is 2.93. The number of aromatic hydroxyl groups is 1. The van der Waals surface area contributed by atoms with Gasteiger partial charge < -0.3 is 14.7 Å². The van der Waals surface area contributed by atoms with Crippen LogP contribution in [0.15, 0.2) is 18.2 Å². The standard InChI is InChI=1S/C15H19NO3/c17-14-2-1-11-3-6-16(10-13(11)9-14)15(18)12-4-7-19-8-5-12/h1-2,9,12,17H,3-8,10H2. The summed E-state index contributed by atoms with van der Waals surface area (Å²) >= 11 is 0. The van der Waals surface area contributed by atoms with Crippen molar-refractivity contribution in [1.82, 2.24) is 4.90 Å². The van der Waals surface area contributed by atoms with Gasteiger partial charge >= 0.3 is 0 Å². The van der Waals surface area contributed by atoms with Crippen LogP contribution in [0, 0.1) is 5.92 Å². The van der Waals surface area contributed by atoms with E-state index in [9.17, 15) is 9.90 Å². The SMILES string of the molecule is O=C(C1CCOCC1)N1CCc2ccc(O)cc2C1. The number of hydrogen-bond donors (Lipinski definition) is 1. The Morgan fingerprint density at radius 2 is 2.05 bits per heavy atom. The van der Waals surface area contributed by atoms with Crippen LogP contribution < -0.4 is 0 Å². The number of benzene rings is 1. The van der Waals surface area contributed by atoms with Gasteiger partial charge in [-0.15, -0.1) is 0 Å². The Morgan fingerprint density at radius 3 is 2.84 bits per heavy atom. The van der Waals surface area contributed by atoms with Crippen LogP contribution in [-0.2, 0) is 22.5 Å². The molecule has 1 N–H and O–H groups in total. The normalized spacial score (nSPS) is 20.1. The van der Waals surface area contributed by atoms with Crippen molar-refractivity contribution >= 4 is 5.91 Å². The van der Waals surface area contributed by atoms with Crippen LogP contribution in [0.4, 0.5) is 0 Å². The topological polar surface area (TPSA) is 49.8 Å². The molecule has 1 aromatic carbocycles. The van der Waals surface area contributed by atoms with Gasteiger partial charge in [-0.05, 0) is 42.5 Å². The van der Waals surface area contributed by atoms with Crippen molar-refractivity contribution in [3.8, 4) is 5.75 Å². The molecule has 4 nitrogen and oxygen atoms in total. The molecule has 2 aliphatic heterocycles. The second-order valence-corrected chi connectivity index (χ2v) is 5.35. The monoisotopic (exact) mass is 261 g/mol. The summed E-state index contributed by atoms with van der Waals surface area (Å²) < 4.78 is 5.31. The molecule has 0 aromatic heterocycles. The van der Waals surface area contributed by atoms with Gasteiger partial charge in [-0.3, -0.25) is 4.79 Å². The number of amides is 1. The maximum atomic E-state index is 12.5. The molecule has 0 bridgehead atoms. The zero-order valence-electron chi connectivity index (χ0n) is 11.0. The van der Waals surface area contributed by atoms with Crippen molar-refractivity contribution < 1.29 is 14.6 Å². The Balaban J connectivity index is 1.72. The first kappa shape index (κ1) is 12.5. The molecule has 1 aromatic rings. The zero-order chi connectivity index (χ0) is 13.2. The lowest BCUT2D eigenvalue weighted by Crippen LogP contribution is -2.41. The molecule has 0 aliphatic carbocycles. The van der Waals surface area contributed by atoms with Crippen molar-refractivity contribution in [2.75, 3.05) is 19.8 Å². The zero-order valence-corrected chi connectivity index (χ0v) is 11.0. The highest BCUT2D eigenvalue weighted by Gasteiger charge is 2.28. The lowest BCUT2D eigenvalue weighted by Gasteiger charge is -2.33. The summed E-state index contributed by atoms with van der Waals surface area (Å²) in [6, 6.07) is 5.45. The number of nitrogens with zero attached hydrogens (tertiary/aromatic N) is 1. The number of carbonyl (C=O) groups is 1. The number of ether oxygens (including phenoxy) is 1. The lowest BCUT2D eigenvalue weighted by atomic mass is 9.95. The minimum atomic E-state index is 0.118. The van der Waals surface area contributed by atoms with E-state index in [2.05, 4.69) is 0 Å². The molecule has 19 heavy (non-hydrogen) atoms. The molecule has 102 valence electrons. The van der Waals surface area contributed by atoms with Gasteiger partial charge in [0.05, 0.1) is 0 Å². The first-order valence-electron chi connectivity index (χ1n) is 6.91. The predicted octanol–water partition coefficient (Wildman–Crippen LogP) is 1.70. The van der Waals surface area contributed by atoms with Gasteiger partial charge in [-0.25, -0.2) is 0 Å². The van der Waals surface area contributed by atoms with Crippen LogP contribution in [0.2, 0.25) is 0 Å². The highest BCUT2D eigenvalue weighted by atomic mass is 16.5. The molecule has 1 fully saturated rings. The Kier molecular flexibility index (Phi) is 3.42. The molecule has 0 radical (unpaired) electrons. The van der Waals surface area contributed by atoms with Crippen LogP contribution in [0.3, 0.4) is 0 Å². The van der Waals surface area contributed by atoms with Crippen molar-refractivity contribution in [2.45, 2.75) is 25.8 Å². The fourth-order valence-electron chi connectivity index (χ4n) is 2.93. The molecule has 2 aliphatic rings. The quantitative estimate of drug-likeness (QED) is 0.837. The van der Waals surface area contributed by atoms with E-state index in [0.717, 1.165) is 31.4 Å². The molecule has 0 atom stereocenters. The molecule has 0 unspecified atom stereocenters. The second-order valence-electron chi connectivity index (χ2n) is 5.35. The summed E-state index contributed by atoms with van der Waals surface area (Å²) in [7, 11) is 0. The third-order valence-corrected chi connectivity index (χ3v) is 4.08. The van der Waals surface area contributed by atoms with Gasteiger partial charge in [0.2, 0.25) is 5.91 Å². The summed E-state index contributed by atoms with van der Waals surface area (Å²) in [6.07, 6.45) is 2.55. The number of carbonyl (C=O) groups excluding carboxylic acids is 1. The van der Waals surface area contributed by atoms with E-state index in [1.165, 1.54) is 5.56 Å². The van der Waals surface area contributed by atoms with Crippen molar-refractivity contribution in [1.29, 1.82) is 0 Å². The summed E-state index contributed by atoms with van der Waals surface area (Å²) in [4.78, 5) is 14.4. The fraction of sp³-hybridized carbons (Fsp3) is 0.533. The molecule has 1 amide bonds. The van der Waals surface area contributed by atoms with E-state index < -0.39 is 0 Å². The molecule has 0 saturated carbocycles. The highest BCUT2D eigenvalue weighted by molar-refractivity contribution is 5.79. The second kappa shape index (κ2) is 5.21.